The fourth-order valence-corrected chi connectivity index (χ4v) is 2.84. The second kappa shape index (κ2) is 7.86. The molecule has 0 spiro atoms. The SMILES string of the molecule is CCCC(=O)C(COC)(CC(C)C)CC(C)C. The van der Waals surface area contributed by atoms with Gasteiger partial charge in [0.25, 0.3) is 0 Å². The fraction of sp³-hybridized carbons (Fsp3) is 0.933. The average Bonchev–Trinajstić information content (AvgIpc) is 2.15. The molecule has 0 saturated heterocycles. The Morgan fingerprint density at radius 1 is 1.12 bits per heavy atom. The summed E-state index contributed by atoms with van der Waals surface area (Å²) in [6.45, 7) is 11.4. The summed E-state index contributed by atoms with van der Waals surface area (Å²) >= 11 is 0. The van der Waals surface area contributed by atoms with Crippen molar-refractivity contribution >= 4 is 5.78 Å². The number of carbonyl (C=O) groups excluding carboxylic acids is 1. The molecule has 17 heavy (non-hydrogen) atoms. The molecule has 0 N–H and O–H groups in total. The van der Waals surface area contributed by atoms with Crippen LogP contribution in [0.3, 0.4) is 0 Å². The predicted molar refractivity (Wildman–Crippen MR) is 73.1 cm³/mol. The van der Waals surface area contributed by atoms with Gasteiger partial charge in [0.2, 0.25) is 0 Å². The van der Waals surface area contributed by atoms with Gasteiger partial charge < -0.3 is 4.74 Å². The van der Waals surface area contributed by atoms with Crippen molar-refractivity contribution in [2.24, 2.45) is 17.3 Å². The van der Waals surface area contributed by atoms with Gasteiger partial charge in [-0.15, -0.1) is 0 Å². The molecular formula is C15H30O2. The molecule has 0 unspecified atom stereocenters. The first-order chi connectivity index (χ1) is 7.88. The van der Waals surface area contributed by atoms with Gasteiger partial charge in [-0.3, -0.25) is 4.79 Å². The Morgan fingerprint density at radius 3 is 1.88 bits per heavy atom. The van der Waals surface area contributed by atoms with Crippen molar-refractivity contribution in [2.75, 3.05) is 13.7 Å². The Kier molecular flexibility index (Phi) is 7.69. The van der Waals surface area contributed by atoms with E-state index in [1.807, 2.05) is 0 Å². The summed E-state index contributed by atoms with van der Waals surface area (Å²) < 4.78 is 5.36. The molecule has 0 radical (unpaired) electrons. The minimum absolute atomic E-state index is 0.257. The molecule has 0 fully saturated rings. The molecule has 0 heterocycles. The maximum Gasteiger partial charge on any atom is 0.141 e. The Balaban J connectivity index is 4.99. The lowest BCUT2D eigenvalue weighted by Gasteiger charge is -2.35. The summed E-state index contributed by atoms with van der Waals surface area (Å²) in [5.41, 5.74) is -0.257. The molecule has 2 nitrogen and oxygen atoms in total. The molecule has 0 aromatic rings. The predicted octanol–water partition coefficient (Wildman–Crippen LogP) is 4.08. The quantitative estimate of drug-likeness (QED) is 0.609. The zero-order chi connectivity index (χ0) is 13.5. The number of ether oxygens (including phenoxy) is 1. The molecule has 0 aliphatic heterocycles. The van der Waals surface area contributed by atoms with Gasteiger partial charge in [-0.2, -0.15) is 0 Å². The normalized spacial score (nSPS) is 12.5. The van der Waals surface area contributed by atoms with Crippen LogP contribution in [0.25, 0.3) is 0 Å². The van der Waals surface area contributed by atoms with Crippen molar-refractivity contribution in [2.45, 2.75) is 60.3 Å². The topological polar surface area (TPSA) is 26.3 Å². The van der Waals surface area contributed by atoms with Crippen LogP contribution in [0.15, 0.2) is 0 Å². The smallest absolute Gasteiger partial charge is 0.141 e. The van der Waals surface area contributed by atoms with Gasteiger partial charge >= 0.3 is 0 Å². The molecular weight excluding hydrogens is 212 g/mol. The Bertz CT molecular complexity index is 209. The van der Waals surface area contributed by atoms with E-state index in [1.54, 1.807) is 7.11 Å². The van der Waals surface area contributed by atoms with E-state index in [-0.39, 0.29) is 5.41 Å². The number of carbonyl (C=O) groups is 1. The number of hydrogen-bond donors (Lipinski definition) is 0. The average molecular weight is 242 g/mol. The van der Waals surface area contributed by atoms with Gasteiger partial charge in [0.1, 0.15) is 5.78 Å². The second-order valence-corrected chi connectivity index (χ2v) is 6.08. The molecule has 0 amide bonds. The van der Waals surface area contributed by atoms with Crippen LogP contribution >= 0.6 is 0 Å². The highest BCUT2D eigenvalue weighted by atomic mass is 16.5. The molecule has 0 aliphatic rings. The van der Waals surface area contributed by atoms with E-state index >= 15 is 0 Å². The number of Topliss-reactive ketones (excluding diaryl/α,β-unsaturated/α-hetero) is 1. The highest BCUT2D eigenvalue weighted by Crippen LogP contribution is 2.36. The molecule has 2 heteroatoms. The van der Waals surface area contributed by atoms with Crippen LogP contribution in [0.4, 0.5) is 0 Å². The van der Waals surface area contributed by atoms with Crippen LogP contribution in [0.2, 0.25) is 0 Å². The van der Waals surface area contributed by atoms with Crippen molar-refractivity contribution in [3.8, 4) is 0 Å². The number of rotatable bonds is 9. The van der Waals surface area contributed by atoms with Crippen LogP contribution in [-0.4, -0.2) is 19.5 Å². The molecule has 0 rings (SSSR count). The third-order valence-electron chi connectivity index (χ3n) is 3.09. The van der Waals surface area contributed by atoms with Gasteiger partial charge in [-0.05, 0) is 31.1 Å². The van der Waals surface area contributed by atoms with E-state index in [0.717, 1.165) is 19.3 Å². The van der Waals surface area contributed by atoms with E-state index in [9.17, 15) is 4.79 Å². The lowest BCUT2D eigenvalue weighted by Crippen LogP contribution is -2.38. The van der Waals surface area contributed by atoms with E-state index in [0.29, 0.717) is 30.6 Å². The Hall–Kier alpha value is -0.370. The summed E-state index contributed by atoms with van der Waals surface area (Å²) in [4.78, 5) is 12.4. The summed E-state index contributed by atoms with van der Waals surface area (Å²) in [6.07, 6.45) is 3.50. The maximum atomic E-state index is 12.4. The summed E-state index contributed by atoms with van der Waals surface area (Å²) in [6, 6.07) is 0. The van der Waals surface area contributed by atoms with Crippen LogP contribution < -0.4 is 0 Å². The second-order valence-electron chi connectivity index (χ2n) is 6.08. The van der Waals surface area contributed by atoms with Crippen molar-refractivity contribution in [1.29, 1.82) is 0 Å². The van der Waals surface area contributed by atoms with Crippen LogP contribution in [-0.2, 0) is 9.53 Å². The first-order valence-electron chi connectivity index (χ1n) is 6.90. The lowest BCUT2D eigenvalue weighted by molar-refractivity contribution is -0.134. The summed E-state index contributed by atoms with van der Waals surface area (Å²) in [7, 11) is 1.70. The van der Waals surface area contributed by atoms with Gasteiger partial charge in [0.15, 0.2) is 0 Å². The van der Waals surface area contributed by atoms with Gasteiger partial charge in [-0.25, -0.2) is 0 Å². The molecule has 0 saturated carbocycles. The molecule has 0 atom stereocenters. The van der Waals surface area contributed by atoms with Crippen LogP contribution in [0, 0.1) is 17.3 Å². The van der Waals surface area contributed by atoms with Crippen molar-refractivity contribution in [3.05, 3.63) is 0 Å². The van der Waals surface area contributed by atoms with Gasteiger partial charge in [0.05, 0.1) is 12.0 Å². The standard InChI is InChI=1S/C15H30O2/c1-7-8-14(16)15(11-17-6,9-12(2)3)10-13(4)5/h12-13H,7-11H2,1-6H3. The van der Waals surface area contributed by atoms with Crippen LogP contribution in [0.1, 0.15) is 60.3 Å². The zero-order valence-corrected chi connectivity index (χ0v) is 12.5. The highest BCUT2D eigenvalue weighted by molar-refractivity contribution is 5.85. The largest absolute Gasteiger partial charge is 0.384 e. The molecule has 0 aliphatic carbocycles. The fourth-order valence-electron chi connectivity index (χ4n) is 2.84. The Morgan fingerprint density at radius 2 is 1.59 bits per heavy atom. The van der Waals surface area contributed by atoms with Gasteiger partial charge in [-0.1, -0.05) is 34.6 Å². The van der Waals surface area contributed by atoms with Crippen molar-refractivity contribution in [1.82, 2.24) is 0 Å². The number of methoxy groups -OCH3 is 1. The van der Waals surface area contributed by atoms with Crippen molar-refractivity contribution < 1.29 is 9.53 Å². The minimum atomic E-state index is -0.257. The zero-order valence-electron chi connectivity index (χ0n) is 12.5. The first-order valence-corrected chi connectivity index (χ1v) is 6.90. The van der Waals surface area contributed by atoms with E-state index in [4.69, 9.17) is 4.74 Å². The van der Waals surface area contributed by atoms with Crippen molar-refractivity contribution in [3.63, 3.8) is 0 Å². The number of ketones is 1. The van der Waals surface area contributed by atoms with E-state index in [1.165, 1.54) is 0 Å². The van der Waals surface area contributed by atoms with Crippen LogP contribution in [0.5, 0.6) is 0 Å². The first kappa shape index (κ1) is 16.6. The molecule has 0 bridgehead atoms. The third-order valence-corrected chi connectivity index (χ3v) is 3.09. The summed E-state index contributed by atoms with van der Waals surface area (Å²) in [5.74, 6) is 1.46. The monoisotopic (exact) mass is 242 g/mol. The third kappa shape index (κ3) is 5.67. The van der Waals surface area contributed by atoms with Gasteiger partial charge in [0, 0.05) is 13.5 Å². The van der Waals surface area contributed by atoms with E-state index in [2.05, 4.69) is 34.6 Å². The molecule has 0 aromatic heterocycles. The molecule has 0 aromatic carbocycles. The molecule has 102 valence electrons. The maximum absolute atomic E-state index is 12.4. The van der Waals surface area contributed by atoms with E-state index < -0.39 is 0 Å². The summed E-state index contributed by atoms with van der Waals surface area (Å²) in [5, 5.41) is 0. The lowest BCUT2D eigenvalue weighted by atomic mass is 9.70. The number of hydrogen-bond acceptors (Lipinski definition) is 2. The highest BCUT2D eigenvalue weighted by Gasteiger charge is 2.38. The Labute approximate surface area is 107 Å². The minimum Gasteiger partial charge on any atom is -0.384 e.